The first-order chi connectivity index (χ1) is 55.9. The summed E-state index contributed by atoms with van der Waals surface area (Å²) in [5.41, 5.74) is 1.06. The molecule has 3 N–H and O–H groups in total. The Bertz CT molecular complexity index is 3510. The van der Waals surface area contributed by atoms with Crippen LogP contribution >= 0.6 is 0 Å². The third-order valence-corrected chi connectivity index (χ3v) is 19.9. The van der Waals surface area contributed by atoms with Crippen molar-refractivity contribution in [2.24, 2.45) is 0 Å². The molecular formula is C96H129N3O15. The zero-order valence-corrected chi connectivity index (χ0v) is 69.2. The Labute approximate surface area is 679 Å². The zero-order valence-electron chi connectivity index (χ0n) is 69.2. The largest absolute Gasteiger partial charge is 0.490 e. The van der Waals surface area contributed by atoms with Crippen LogP contribution in [-0.4, -0.2) is 74.9 Å². The first-order valence-corrected chi connectivity index (χ1v) is 43.1. The van der Waals surface area contributed by atoms with Crippen molar-refractivity contribution in [3.8, 4) is 51.7 Å². The van der Waals surface area contributed by atoms with E-state index in [1.54, 1.807) is 127 Å². The molecule has 1 aliphatic rings. The molecule has 114 heavy (non-hydrogen) atoms. The van der Waals surface area contributed by atoms with Crippen molar-refractivity contribution in [1.29, 1.82) is 0 Å². The SMILES string of the molecule is CCCCCCCCOc1ccc(C(=O)Oc2ccc(NC=C3C(=O)C(=CNc4ccc(OC(=O)c5ccc(OCCCCCCCC)c(OCCCCCCCC)c5)cc4)C(=O)C(=CNc4ccc(OC(=O)c5ccc(OCCCCCCCC)c(OCCCCCCCC)c5)cc4)C3=O)cc2)cc1OCCCCCCCC. The molecule has 1 aliphatic carbocycles. The molecular weight excluding hydrogens is 1440 g/mol. The molecule has 0 aromatic heterocycles. The molecule has 0 heterocycles. The molecule has 1 saturated carbocycles. The highest BCUT2D eigenvalue weighted by molar-refractivity contribution is 6.51. The zero-order chi connectivity index (χ0) is 81.0. The van der Waals surface area contributed by atoms with E-state index in [4.69, 9.17) is 42.6 Å². The Hall–Kier alpha value is -9.84. The van der Waals surface area contributed by atoms with Crippen LogP contribution in [0.4, 0.5) is 17.1 Å². The highest BCUT2D eigenvalue weighted by Crippen LogP contribution is 2.35. The van der Waals surface area contributed by atoms with Crippen LogP contribution in [0, 0.1) is 0 Å². The van der Waals surface area contributed by atoms with E-state index in [0.717, 1.165) is 116 Å². The lowest BCUT2D eigenvalue weighted by Gasteiger charge is -2.18. The number of benzene rings is 6. The molecule has 0 spiro atoms. The van der Waals surface area contributed by atoms with Crippen molar-refractivity contribution < 1.29 is 71.4 Å². The minimum absolute atomic E-state index is 0.233. The average molecular weight is 1570 g/mol. The molecule has 0 unspecified atom stereocenters. The number of carbonyl (C=O) groups excluding carboxylic acids is 6. The van der Waals surface area contributed by atoms with Gasteiger partial charge in [0.2, 0.25) is 17.3 Å². The lowest BCUT2D eigenvalue weighted by atomic mass is 9.84. The minimum atomic E-state index is -0.862. The van der Waals surface area contributed by atoms with Crippen LogP contribution in [-0.2, 0) is 14.4 Å². The lowest BCUT2D eigenvalue weighted by Crippen LogP contribution is -2.33. The first-order valence-electron chi connectivity index (χ1n) is 43.1. The van der Waals surface area contributed by atoms with Gasteiger partial charge >= 0.3 is 17.9 Å². The Morgan fingerprint density at radius 2 is 0.439 bits per heavy atom. The van der Waals surface area contributed by atoms with E-state index in [1.165, 1.54) is 134 Å². The van der Waals surface area contributed by atoms with Crippen LogP contribution in [0.5, 0.6) is 51.7 Å². The van der Waals surface area contributed by atoms with Gasteiger partial charge < -0.3 is 58.6 Å². The number of carbonyl (C=O) groups is 6. The molecule has 0 saturated heterocycles. The normalized spacial score (nSPS) is 11.9. The van der Waals surface area contributed by atoms with Gasteiger partial charge in [0, 0.05) is 35.7 Å². The van der Waals surface area contributed by atoms with Gasteiger partial charge in [-0.25, -0.2) is 14.4 Å². The molecule has 1 fully saturated rings. The Morgan fingerprint density at radius 3 is 0.649 bits per heavy atom. The van der Waals surface area contributed by atoms with E-state index in [-0.39, 0.29) is 50.7 Å². The number of Topliss-reactive ketones (excluding diaryl/α,β-unsaturated/α-hetero) is 3. The minimum Gasteiger partial charge on any atom is -0.490 e. The molecule has 0 radical (unpaired) electrons. The summed E-state index contributed by atoms with van der Waals surface area (Å²) in [5, 5.41) is 9.11. The predicted octanol–water partition coefficient (Wildman–Crippen LogP) is 24.8. The third kappa shape index (κ3) is 33.7. The predicted molar refractivity (Wildman–Crippen MR) is 457 cm³/mol. The van der Waals surface area contributed by atoms with Gasteiger partial charge in [-0.2, -0.15) is 0 Å². The summed E-state index contributed by atoms with van der Waals surface area (Å²) in [6.45, 7) is 16.3. The van der Waals surface area contributed by atoms with Crippen LogP contribution in [0.2, 0.25) is 0 Å². The molecule has 0 atom stereocenters. The number of ketones is 3. The van der Waals surface area contributed by atoms with Crippen LogP contribution < -0.4 is 58.6 Å². The number of rotatable bonds is 60. The fourth-order valence-electron chi connectivity index (χ4n) is 12.9. The summed E-state index contributed by atoms with van der Waals surface area (Å²) in [6.07, 6.45) is 43.9. The van der Waals surface area contributed by atoms with E-state index >= 15 is 0 Å². The van der Waals surface area contributed by atoms with Gasteiger partial charge in [-0.3, -0.25) is 14.4 Å². The van der Waals surface area contributed by atoms with Crippen LogP contribution in [0.15, 0.2) is 163 Å². The van der Waals surface area contributed by atoms with Gasteiger partial charge in [0.05, 0.1) is 73.1 Å². The standard InChI is InChI=1S/C96H129N3O15/c1-7-13-19-25-31-37-61-106-85-58-43-73(67-88(85)109-64-40-34-28-22-16-10-4)94(103)112-79-52-46-76(47-53-79)97-70-82-91(100)83(71-98-77-48-54-80(55-49-77)113-95(104)74-44-59-86(107-62-38-32-26-20-14-8-2)89(68-74)110-65-41-35-29-23-17-11-5)93(102)84(92(82)101)72-99-78-50-56-81(57-51-78)114-96(105)75-45-60-87(108-63-39-33-27-21-15-9-3)90(69-75)111-66-42-36-30-24-18-12-6/h43-60,67-72,97-99H,7-42,61-66H2,1-6H3. The Morgan fingerprint density at radius 1 is 0.246 bits per heavy atom. The highest BCUT2D eigenvalue weighted by Gasteiger charge is 2.39. The summed E-state index contributed by atoms with van der Waals surface area (Å²) in [5.74, 6) is -0.513. The number of esters is 3. The molecule has 618 valence electrons. The summed E-state index contributed by atoms with van der Waals surface area (Å²) in [7, 11) is 0. The molecule has 6 aromatic carbocycles. The van der Waals surface area contributed by atoms with Crippen molar-refractivity contribution in [3.63, 3.8) is 0 Å². The highest BCUT2D eigenvalue weighted by atomic mass is 16.6. The number of allylic oxidation sites excluding steroid dienone is 3. The molecule has 18 nitrogen and oxygen atoms in total. The molecule has 0 amide bonds. The molecule has 6 aromatic rings. The fourth-order valence-corrected chi connectivity index (χ4v) is 12.9. The number of ether oxygens (including phenoxy) is 9. The maximum Gasteiger partial charge on any atom is 0.343 e. The Balaban J connectivity index is 1.07. The van der Waals surface area contributed by atoms with E-state index in [0.29, 0.717) is 91.2 Å². The molecule has 0 bridgehead atoms. The van der Waals surface area contributed by atoms with E-state index in [1.807, 2.05) is 0 Å². The number of anilines is 3. The van der Waals surface area contributed by atoms with Crippen molar-refractivity contribution in [2.45, 2.75) is 273 Å². The van der Waals surface area contributed by atoms with E-state index in [2.05, 4.69) is 57.5 Å². The van der Waals surface area contributed by atoms with E-state index < -0.39 is 35.3 Å². The van der Waals surface area contributed by atoms with Crippen LogP contribution in [0.1, 0.15) is 304 Å². The van der Waals surface area contributed by atoms with Crippen molar-refractivity contribution >= 4 is 52.3 Å². The topological polar surface area (TPSA) is 222 Å². The van der Waals surface area contributed by atoms with Crippen LogP contribution in [0.25, 0.3) is 0 Å². The van der Waals surface area contributed by atoms with Gasteiger partial charge in [0.25, 0.3) is 0 Å². The fraction of sp³-hybridized carbons (Fsp3) is 0.500. The smallest absolute Gasteiger partial charge is 0.343 e. The maximum atomic E-state index is 14.5. The second-order valence-electron chi connectivity index (χ2n) is 29.5. The maximum absolute atomic E-state index is 14.5. The number of hydrogen-bond acceptors (Lipinski definition) is 18. The van der Waals surface area contributed by atoms with Crippen molar-refractivity contribution in [3.05, 3.63) is 179 Å². The summed E-state index contributed by atoms with van der Waals surface area (Å²) < 4.78 is 54.9. The molecule has 18 heteroatoms. The number of nitrogens with one attached hydrogen (secondary N) is 3. The molecule has 7 rings (SSSR count). The van der Waals surface area contributed by atoms with Crippen molar-refractivity contribution in [2.75, 3.05) is 55.6 Å². The summed E-state index contributed by atoms with van der Waals surface area (Å²) in [6, 6.07) is 34.4. The van der Waals surface area contributed by atoms with E-state index in [9.17, 15) is 28.8 Å². The second-order valence-corrected chi connectivity index (χ2v) is 29.5. The first kappa shape index (κ1) is 91.3. The van der Waals surface area contributed by atoms with Crippen LogP contribution in [0.3, 0.4) is 0 Å². The average Bonchev–Trinajstić information content (AvgIpc) is 0.781. The Kier molecular flexibility index (Phi) is 43.9. The van der Waals surface area contributed by atoms with Gasteiger partial charge in [0.1, 0.15) is 17.2 Å². The molecule has 0 aliphatic heterocycles. The monoisotopic (exact) mass is 1560 g/mol. The third-order valence-electron chi connectivity index (χ3n) is 19.9. The lowest BCUT2D eigenvalue weighted by molar-refractivity contribution is -0.124. The second kappa shape index (κ2) is 54.8. The summed E-state index contributed by atoms with van der Waals surface area (Å²) >= 11 is 0. The quantitative estimate of drug-likeness (QED) is 0.0106. The van der Waals surface area contributed by atoms with Gasteiger partial charge in [-0.05, 0) is 166 Å². The van der Waals surface area contributed by atoms with Gasteiger partial charge in [-0.1, -0.05) is 234 Å². The van der Waals surface area contributed by atoms with Gasteiger partial charge in [-0.15, -0.1) is 0 Å². The number of hydrogen-bond donors (Lipinski definition) is 3. The summed E-state index contributed by atoms with van der Waals surface area (Å²) in [4.78, 5) is 84.8. The number of unbranched alkanes of at least 4 members (excludes halogenated alkanes) is 30. The van der Waals surface area contributed by atoms with Gasteiger partial charge in [0.15, 0.2) is 34.5 Å². The van der Waals surface area contributed by atoms with Crippen molar-refractivity contribution in [1.82, 2.24) is 0 Å².